The van der Waals surface area contributed by atoms with E-state index in [4.69, 9.17) is 5.11 Å². The summed E-state index contributed by atoms with van der Waals surface area (Å²) in [6.07, 6.45) is 1.91. The van der Waals surface area contributed by atoms with Crippen molar-refractivity contribution in [1.29, 1.82) is 0 Å². The molecular formula is C9H15N3O3. The van der Waals surface area contributed by atoms with Gasteiger partial charge in [-0.15, -0.1) is 0 Å². The lowest BCUT2D eigenvalue weighted by molar-refractivity contribution is -0.146. The Bertz CT molecular complexity index is 308. The van der Waals surface area contributed by atoms with Gasteiger partial charge >= 0.3 is 5.97 Å². The van der Waals surface area contributed by atoms with E-state index in [1.807, 2.05) is 0 Å². The van der Waals surface area contributed by atoms with Gasteiger partial charge in [0.2, 0.25) is 6.39 Å². The maximum Gasteiger partial charge on any atom is 0.310 e. The maximum atomic E-state index is 10.8. The Kier molecular flexibility index (Phi) is 3.79. The highest BCUT2D eigenvalue weighted by atomic mass is 16.5. The van der Waals surface area contributed by atoms with E-state index in [-0.39, 0.29) is 0 Å². The van der Waals surface area contributed by atoms with Gasteiger partial charge in [-0.3, -0.25) is 4.79 Å². The van der Waals surface area contributed by atoms with Crippen molar-refractivity contribution >= 4 is 5.97 Å². The van der Waals surface area contributed by atoms with Crippen LogP contribution in [0, 0.1) is 5.41 Å². The average Bonchev–Trinajstić information content (AvgIpc) is 2.64. The fourth-order valence-electron chi connectivity index (χ4n) is 0.979. The summed E-state index contributed by atoms with van der Waals surface area (Å²) < 4.78 is 4.57. The highest BCUT2D eigenvalue weighted by Crippen LogP contribution is 2.12. The van der Waals surface area contributed by atoms with Gasteiger partial charge in [0, 0.05) is 19.5 Å². The van der Waals surface area contributed by atoms with Crippen LogP contribution in [0.1, 0.15) is 19.7 Å². The predicted octanol–water partition coefficient (Wildman–Crippen LogP) is 0.312. The second-order valence-corrected chi connectivity index (χ2v) is 3.96. The van der Waals surface area contributed by atoms with Gasteiger partial charge in [-0.25, -0.2) is 0 Å². The molecule has 84 valence electrons. The van der Waals surface area contributed by atoms with Crippen LogP contribution in [0.25, 0.3) is 0 Å². The van der Waals surface area contributed by atoms with Crippen molar-refractivity contribution in [3.63, 3.8) is 0 Å². The van der Waals surface area contributed by atoms with Crippen molar-refractivity contribution in [2.75, 3.05) is 13.1 Å². The minimum atomic E-state index is -0.811. The molecule has 0 aliphatic carbocycles. The van der Waals surface area contributed by atoms with Gasteiger partial charge in [0.1, 0.15) is 0 Å². The summed E-state index contributed by atoms with van der Waals surface area (Å²) in [4.78, 5) is 14.6. The molecule has 1 rings (SSSR count). The van der Waals surface area contributed by atoms with Crippen LogP contribution in [-0.4, -0.2) is 34.3 Å². The van der Waals surface area contributed by atoms with Crippen molar-refractivity contribution in [2.45, 2.75) is 20.3 Å². The number of rotatable bonds is 6. The van der Waals surface area contributed by atoms with Gasteiger partial charge in [0.25, 0.3) is 0 Å². The van der Waals surface area contributed by atoms with Gasteiger partial charge in [-0.05, 0) is 13.8 Å². The smallest absolute Gasteiger partial charge is 0.310 e. The molecule has 15 heavy (non-hydrogen) atoms. The number of aliphatic carboxylic acids is 1. The van der Waals surface area contributed by atoms with Crippen LogP contribution in [0.5, 0.6) is 0 Å². The minimum Gasteiger partial charge on any atom is -0.481 e. The Morgan fingerprint density at radius 3 is 2.93 bits per heavy atom. The van der Waals surface area contributed by atoms with Crippen LogP contribution in [0.15, 0.2) is 10.9 Å². The summed E-state index contributed by atoms with van der Waals surface area (Å²) >= 11 is 0. The SMILES string of the molecule is CC(C)(CNCCc1ncon1)C(=O)O. The van der Waals surface area contributed by atoms with Gasteiger partial charge in [-0.1, -0.05) is 5.16 Å². The highest BCUT2D eigenvalue weighted by molar-refractivity contribution is 5.73. The second kappa shape index (κ2) is 4.88. The van der Waals surface area contributed by atoms with Crippen LogP contribution >= 0.6 is 0 Å². The first-order valence-corrected chi connectivity index (χ1v) is 4.72. The van der Waals surface area contributed by atoms with Crippen molar-refractivity contribution in [2.24, 2.45) is 5.41 Å². The zero-order valence-electron chi connectivity index (χ0n) is 8.86. The molecule has 2 N–H and O–H groups in total. The maximum absolute atomic E-state index is 10.8. The lowest BCUT2D eigenvalue weighted by atomic mass is 9.94. The molecule has 1 aromatic rings. The van der Waals surface area contributed by atoms with Gasteiger partial charge in [-0.2, -0.15) is 4.98 Å². The second-order valence-electron chi connectivity index (χ2n) is 3.96. The molecule has 0 unspecified atom stereocenters. The zero-order valence-corrected chi connectivity index (χ0v) is 8.86. The molecule has 0 bridgehead atoms. The molecule has 1 heterocycles. The van der Waals surface area contributed by atoms with Gasteiger partial charge in [0.05, 0.1) is 5.41 Å². The lowest BCUT2D eigenvalue weighted by Crippen LogP contribution is -2.36. The molecule has 0 radical (unpaired) electrons. The number of nitrogens with one attached hydrogen (secondary N) is 1. The number of carbonyl (C=O) groups is 1. The third-order valence-corrected chi connectivity index (χ3v) is 2.08. The largest absolute Gasteiger partial charge is 0.481 e. The van der Waals surface area contributed by atoms with E-state index < -0.39 is 11.4 Å². The Hall–Kier alpha value is -1.43. The Morgan fingerprint density at radius 1 is 1.67 bits per heavy atom. The summed E-state index contributed by atoms with van der Waals surface area (Å²) in [5, 5.41) is 15.5. The van der Waals surface area contributed by atoms with Crippen molar-refractivity contribution in [3.8, 4) is 0 Å². The summed E-state index contributed by atoms with van der Waals surface area (Å²) in [6, 6.07) is 0. The standard InChI is InChI=1S/C9H15N3O3/c1-9(2,8(13)14)5-10-4-3-7-11-6-15-12-7/h6,10H,3-5H2,1-2H3,(H,13,14). The van der Waals surface area contributed by atoms with Crippen LogP contribution in [0.3, 0.4) is 0 Å². The normalized spacial score (nSPS) is 11.6. The summed E-state index contributed by atoms with van der Waals surface area (Å²) in [5.74, 6) is -0.190. The third kappa shape index (κ3) is 3.67. The van der Waals surface area contributed by atoms with E-state index >= 15 is 0 Å². The quantitative estimate of drug-likeness (QED) is 0.661. The van der Waals surface area contributed by atoms with Crippen molar-refractivity contribution < 1.29 is 14.4 Å². The molecule has 0 amide bonds. The molecule has 0 atom stereocenters. The number of carboxylic acids is 1. The van der Waals surface area contributed by atoms with E-state index in [1.54, 1.807) is 13.8 Å². The Balaban J connectivity index is 2.19. The molecule has 0 aliphatic heterocycles. The zero-order chi connectivity index (χ0) is 11.3. The Morgan fingerprint density at radius 2 is 2.40 bits per heavy atom. The fraction of sp³-hybridized carbons (Fsp3) is 0.667. The number of aromatic nitrogens is 2. The first-order chi connectivity index (χ1) is 7.02. The van der Waals surface area contributed by atoms with Crippen LogP contribution < -0.4 is 5.32 Å². The van der Waals surface area contributed by atoms with Crippen LogP contribution in [0.4, 0.5) is 0 Å². The van der Waals surface area contributed by atoms with Gasteiger partial charge in [0.15, 0.2) is 5.82 Å². The van der Waals surface area contributed by atoms with Crippen LogP contribution in [0.2, 0.25) is 0 Å². The number of carboxylic acid groups (broad SMARTS) is 1. The number of nitrogens with zero attached hydrogens (tertiary/aromatic N) is 2. The van der Waals surface area contributed by atoms with Gasteiger partial charge < -0.3 is 14.9 Å². The molecule has 6 heteroatoms. The third-order valence-electron chi connectivity index (χ3n) is 2.08. The lowest BCUT2D eigenvalue weighted by Gasteiger charge is -2.19. The first-order valence-electron chi connectivity index (χ1n) is 4.72. The number of hydrogen-bond acceptors (Lipinski definition) is 5. The summed E-state index contributed by atoms with van der Waals surface area (Å²) in [5.41, 5.74) is -0.753. The molecule has 0 aromatic carbocycles. The average molecular weight is 213 g/mol. The minimum absolute atomic E-state index is 0.417. The molecule has 0 aliphatic rings. The molecule has 6 nitrogen and oxygen atoms in total. The van der Waals surface area contributed by atoms with Crippen LogP contribution in [-0.2, 0) is 11.2 Å². The van der Waals surface area contributed by atoms with E-state index in [9.17, 15) is 4.79 Å². The molecule has 0 spiro atoms. The summed E-state index contributed by atoms with van der Waals surface area (Å²) in [6.45, 7) is 4.41. The molecular weight excluding hydrogens is 198 g/mol. The van der Waals surface area contributed by atoms with Crippen molar-refractivity contribution in [1.82, 2.24) is 15.5 Å². The van der Waals surface area contributed by atoms with E-state index in [2.05, 4.69) is 20.0 Å². The summed E-state index contributed by atoms with van der Waals surface area (Å²) in [7, 11) is 0. The van der Waals surface area contributed by atoms with Crippen molar-refractivity contribution in [3.05, 3.63) is 12.2 Å². The first kappa shape index (κ1) is 11.6. The van der Waals surface area contributed by atoms with E-state index in [0.717, 1.165) is 0 Å². The topological polar surface area (TPSA) is 88.3 Å². The molecule has 0 saturated carbocycles. The number of hydrogen-bond donors (Lipinski definition) is 2. The monoisotopic (exact) mass is 213 g/mol. The molecule has 0 fully saturated rings. The predicted molar refractivity (Wildman–Crippen MR) is 52.3 cm³/mol. The Labute approximate surface area is 87.7 Å². The molecule has 1 aromatic heterocycles. The molecule has 0 saturated heterocycles. The van der Waals surface area contributed by atoms with E-state index in [0.29, 0.717) is 25.3 Å². The fourth-order valence-corrected chi connectivity index (χ4v) is 0.979. The van der Waals surface area contributed by atoms with E-state index in [1.165, 1.54) is 6.39 Å². The highest BCUT2D eigenvalue weighted by Gasteiger charge is 2.26.